The van der Waals surface area contributed by atoms with Gasteiger partial charge in [-0.15, -0.1) is 0 Å². The molecule has 0 spiro atoms. The molecule has 0 amide bonds. The van der Waals surface area contributed by atoms with Crippen molar-refractivity contribution in [1.82, 2.24) is 0 Å². The van der Waals surface area contributed by atoms with E-state index in [2.05, 4.69) is 91.3 Å². The van der Waals surface area contributed by atoms with Gasteiger partial charge in [-0.2, -0.15) is 0 Å². The molecule has 0 unspecified atom stereocenters. The second kappa shape index (κ2) is 38.5. The number of unbranched alkanes of at least 4 members (excludes halogenated alkanes) is 3. The molecular formula is C45H71O10P. The number of phosphoric ester groups is 1. The van der Waals surface area contributed by atoms with E-state index in [-0.39, 0.29) is 32.1 Å². The highest BCUT2D eigenvalue weighted by Crippen LogP contribution is 2.36. The van der Waals surface area contributed by atoms with Crippen molar-refractivity contribution in [2.24, 2.45) is 0 Å². The van der Waals surface area contributed by atoms with Gasteiger partial charge < -0.3 is 29.5 Å². The number of esters is 2. The van der Waals surface area contributed by atoms with Crippen molar-refractivity contribution >= 4 is 19.8 Å². The molecule has 0 rings (SSSR count). The molecule has 0 aliphatic heterocycles. The first-order valence-corrected chi connectivity index (χ1v) is 21.9. The number of hydrogen-bond donors (Lipinski definition) is 4. The molecule has 3 atom stereocenters. The van der Waals surface area contributed by atoms with E-state index in [1.807, 2.05) is 30.4 Å². The van der Waals surface area contributed by atoms with Gasteiger partial charge in [0.25, 0.3) is 0 Å². The summed E-state index contributed by atoms with van der Waals surface area (Å²) in [7, 11) is -4.86. The summed E-state index contributed by atoms with van der Waals surface area (Å²) >= 11 is 0. The number of ether oxygens (including phenoxy) is 2. The van der Waals surface area contributed by atoms with Crippen molar-refractivity contribution in [2.75, 3.05) is 13.2 Å². The van der Waals surface area contributed by atoms with Crippen molar-refractivity contribution < 1.29 is 48.2 Å². The first kappa shape index (κ1) is 52.6. The van der Waals surface area contributed by atoms with E-state index in [1.165, 1.54) is 19.3 Å². The van der Waals surface area contributed by atoms with Gasteiger partial charge in [-0.1, -0.05) is 136 Å². The Balaban J connectivity index is 4.33. The van der Waals surface area contributed by atoms with Gasteiger partial charge >= 0.3 is 19.8 Å². The molecule has 0 aliphatic carbocycles. The van der Waals surface area contributed by atoms with Crippen molar-refractivity contribution in [3.63, 3.8) is 0 Å². The highest BCUT2D eigenvalue weighted by molar-refractivity contribution is 7.46. The van der Waals surface area contributed by atoms with Gasteiger partial charge in [-0.3, -0.25) is 14.1 Å². The van der Waals surface area contributed by atoms with Crippen LogP contribution in [0.15, 0.2) is 109 Å². The smallest absolute Gasteiger partial charge is 0.462 e. The van der Waals surface area contributed by atoms with Crippen molar-refractivity contribution in [3.05, 3.63) is 109 Å². The summed E-state index contributed by atoms with van der Waals surface area (Å²) in [6.45, 7) is 3.21. The first-order valence-electron chi connectivity index (χ1n) is 20.3. The molecule has 4 N–H and O–H groups in total. The van der Waals surface area contributed by atoms with Gasteiger partial charge in [0.15, 0.2) is 6.10 Å². The van der Waals surface area contributed by atoms with E-state index in [9.17, 15) is 24.4 Å². The Morgan fingerprint density at radius 1 is 0.554 bits per heavy atom. The van der Waals surface area contributed by atoms with E-state index in [1.54, 1.807) is 6.08 Å². The third-order valence-corrected chi connectivity index (χ3v) is 8.48. The van der Waals surface area contributed by atoms with Crippen LogP contribution in [0.4, 0.5) is 0 Å². The van der Waals surface area contributed by atoms with E-state index >= 15 is 0 Å². The Morgan fingerprint density at radius 3 is 1.54 bits per heavy atom. The van der Waals surface area contributed by atoms with Crippen LogP contribution in [0.25, 0.3) is 0 Å². The second-order valence-electron chi connectivity index (χ2n) is 13.2. The minimum atomic E-state index is -4.86. The lowest BCUT2D eigenvalue weighted by Crippen LogP contribution is -2.30. The van der Waals surface area contributed by atoms with Crippen LogP contribution in [0.3, 0.4) is 0 Å². The minimum Gasteiger partial charge on any atom is -0.462 e. The second-order valence-corrected chi connectivity index (χ2v) is 14.4. The Kier molecular flexibility index (Phi) is 36.2. The van der Waals surface area contributed by atoms with E-state index in [0.717, 1.165) is 51.4 Å². The molecule has 0 saturated heterocycles. The van der Waals surface area contributed by atoms with Crippen molar-refractivity contribution in [1.29, 1.82) is 0 Å². The van der Waals surface area contributed by atoms with Crippen LogP contribution >= 0.6 is 7.82 Å². The summed E-state index contributed by atoms with van der Waals surface area (Å²) in [6.07, 6.45) is 47.1. The van der Waals surface area contributed by atoms with Crippen molar-refractivity contribution in [3.8, 4) is 0 Å². The summed E-state index contributed by atoms with van der Waals surface area (Å²) < 4.78 is 26.1. The summed E-state index contributed by atoms with van der Waals surface area (Å²) in [6, 6.07) is 0. The van der Waals surface area contributed by atoms with Crippen LogP contribution in [-0.2, 0) is 28.2 Å². The zero-order valence-electron chi connectivity index (χ0n) is 34.0. The molecule has 11 heteroatoms. The molecule has 0 heterocycles. The molecule has 0 radical (unpaired) electrons. The average Bonchev–Trinajstić information content (AvgIpc) is 3.16. The SMILES string of the molecule is CC/C=C\C/C=C\C/C=C\C/C=C\C[C@@H](O)[C@H](O)CCCC(=O)O[C@H](COC(=O)CC/C=C\C/C=C\C/C=C\C/C=C\C/C=C\CCCCC)COP(=O)(O)O. The molecule has 0 aromatic carbocycles. The molecule has 0 aliphatic rings. The number of rotatable bonds is 35. The third-order valence-electron chi connectivity index (χ3n) is 7.99. The van der Waals surface area contributed by atoms with E-state index in [0.29, 0.717) is 12.8 Å². The quantitative estimate of drug-likeness (QED) is 0.0210. The lowest BCUT2D eigenvalue weighted by Gasteiger charge is -2.19. The monoisotopic (exact) mass is 802 g/mol. The number of aliphatic hydroxyl groups excluding tert-OH is 2. The molecule has 0 bridgehead atoms. The van der Waals surface area contributed by atoms with Gasteiger partial charge in [-0.25, -0.2) is 4.57 Å². The lowest BCUT2D eigenvalue weighted by atomic mass is 10.0. The van der Waals surface area contributed by atoms with Crippen LogP contribution in [0.5, 0.6) is 0 Å². The summed E-state index contributed by atoms with van der Waals surface area (Å²) in [4.78, 5) is 42.8. The maximum Gasteiger partial charge on any atom is 0.469 e. The molecule has 316 valence electrons. The van der Waals surface area contributed by atoms with Crippen LogP contribution in [-0.4, -0.2) is 63.5 Å². The molecule has 0 fully saturated rings. The predicted molar refractivity (Wildman–Crippen MR) is 228 cm³/mol. The molecule has 0 aromatic heterocycles. The molecule has 56 heavy (non-hydrogen) atoms. The summed E-state index contributed by atoms with van der Waals surface area (Å²) in [5.41, 5.74) is 0. The van der Waals surface area contributed by atoms with Crippen LogP contribution in [0.1, 0.15) is 129 Å². The largest absolute Gasteiger partial charge is 0.469 e. The maximum absolute atomic E-state index is 12.4. The third kappa shape index (κ3) is 38.9. The van der Waals surface area contributed by atoms with Crippen molar-refractivity contribution in [2.45, 2.75) is 148 Å². The van der Waals surface area contributed by atoms with Gasteiger partial charge in [-0.05, 0) is 89.9 Å². The van der Waals surface area contributed by atoms with Gasteiger partial charge in [0.05, 0.1) is 18.8 Å². The topological polar surface area (TPSA) is 160 Å². The van der Waals surface area contributed by atoms with E-state index < -0.39 is 51.3 Å². The number of hydrogen-bond acceptors (Lipinski definition) is 8. The standard InChI is InChI=1S/C45H71O10P/c1-3-5-7-9-11-13-15-17-18-19-20-21-22-23-25-27-29-31-33-37-44(48)53-39-41(40-54-56(50,51)52)55-45(49)38-34-36-43(47)42(46)35-32-30-28-26-24-16-14-12-10-8-6-4-2/h6,8,11-14,17-18,20-21,23-26,29-32,41-43,46-47H,3-5,7,9-10,15-16,19,22,27-28,33-40H2,1-2H3,(H2,50,51,52)/b8-6-,13-11-,14-12-,18-17-,21-20-,25-23-,26-24-,31-29-,32-30-/t41-,42-,43-/m1/s1. The molecule has 0 saturated carbocycles. The number of phosphoric acid groups is 1. The number of aliphatic hydroxyl groups is 2. The number of carbonyl (C=O) groups excluding carboxylic acids is 2. The van der Waals surface area contributed by atoms with Crippen LogP contribution in [0.2, 0.25) is 0 Å². The zero-order chi connectivity index (χ0) is 41.4. The van der Waals surface area contributed by atoms with E-state index in [4.69, 9.17) is 19.3 Å². The molecule has 0 aromatic rings. The minimum absolute atomic E-state index is 0.0757. The normalized spacial score (nSPS) is 14.8. The summed E-state index contributed by atoms with van der Waals surface area (Å²) in [5.74, 6) is -1.28. The average molecular weight is 803 g/mol. The summed E-state index contributed by atoms with van der Waals surface area (Å²) in [5, 5.41) is 20.6. The fourth-order valence-corrected chi connectivity index (χ4v) is 5.21. The molecular weight excluding hydrogens is 731 g/mol. The number of carbonyl (C=O) groups is 2. The first-order chi connectivity index (χ1) is 27.1. The van der Waals surface area contributed by atoms with Gasteiger partial charge in [0, 0.05) is 12.8 Å². The Morgan fingerprint density at radius 2 is 1.04 bits per heavy atom. The van der Waals surface area contributed by atoms with Crippen LogP contribution in [0, 0.1) is 0 Å². The fraction of sp³-hybridized carbons (Fsp3) is 0.556. The highest BCUT2D eigenvalue weighted by Gasteiger charge is 2.23. The van der Waals surface area contributed by atoms with Gasteiger partial charge in [0.1, 0.15) is 6.61 Å². The van der Waals surface area contributed by atoms with Crippen LogP contribution < -0.4 is 0 Å². The molecule has 10 nitrogen and oxygen atoms in total. The Labute approximate surface area is 337 Å². The van der Waals surface area contributed by atoms with Gasteiger partial charge in [0.2, 0.25) is 0 Å². The highest BCUT2D eigenvalue weighted by atomic mass is 31.2. The Hall–Kier alpha value is -3.37. The fourth-order valence-electron chi connectivity index (χ4n) is 4.85. The predicted octanol–water partition coefficient (Wildman–Crippen LogP) is 10.3. The lowest BCUT2D eigenvalue weighted by molar-refractivity contribution is -0.161. The maximum atomic E-state index is 12.4. The zero-order valence-corrected chi connectivity index (χ0v) is 34.8. The number of allylic oxidation sites excluding steroid dienone is 17. The Bertz CT molecular complexity index is 1300.